The van der Waals surface area contributed by atoms with Crippen molar-refractivity contribution in [2.45, 2.75) is 13.8 Å². The van der Waals surface area contributed by atoms with Gasteiger partial charge >= 0.3 is 0 Å². The first-order chi connectivity index (χ1) is 4.30. The van der Waals surface area contributed by atoms with Crippen LogP contribution < -0.4 is 0 Å². The van der Waals surface area contributed by atoms with Gasteiger partial charge in [-0.2, -0.15) is 6.07 Å². The topological polar surface area (TPSA) is 12.9 Å². The van der Waals surface area contributed by atoms with Crippen LogP contribution in [0.15, 0.2) is 18.3 Å². The molecule has 0 saturated carbocycles. The molecule has 0 fully saturated rings. The van der Waals surface area contributed by atoms with E-state index in [9.17, 15) is 0 Å². The van der Waals surface area contributed by atoms with Crippen LogP contribution in [-0.2, 0) is 20.4 Å². The third kappa shape index (κ3) is 2.51. The van der Waals surface area contributed by atoms with Gasteiger partial charge in [-0.15, -0.1) is 13.8 Å². The standard InChI is InChI=1S/C8H9N.Re/c1-7(2)8-4-3-5-9-6-8;/h3-5H,1-2H3;/q-2;. The molecule has 0 atom stereocenters. The maximum atomic E-state index is 3.86. The van der Waals surface area contributed by atoms with Gasteiger partial charge in [0.25, 0.3) is 0 Å². The second-order valence-corrected chi connectivity index (χ2v) is 2.16. The van der Waals surface area contributed by atoms with E-state index in [4.69, 9.17) is 0 Å². The van der Waals surface area contributed by atoms with Crippen LogP contribution in [0.2, 0.25) is 0 Å². The summed E-state index contributed by atoms with van der Waals surface area (Å²) in [4.78, 5) is 3.86. The molecule has 1 heterocycles. The summed E-state index contributed by atoms with van der Waals surface area (Å²) in [5.41, 5.74) is 1.09. The Morgan fingerprint density at radius 1 is 1.50 bits per heavy atom. The average Bonchev–Trinajstić information content (AvgIpc) is 1.90. The normalized spacial score (nSPS) is 8.20. The van der Waals surface area contributed by atoms with E-state index in [0.29, 0.717) is 0 Å². The fourth-order valence-electron chi connectivity index (χ4n) is 0.605. The quantitative estimate of drug-likeness (QED) is 0.722. The van der Waals surface area contributed by atoms with Gasteiger partial charge in [-0.25, -0.2) is 6.20 Å². The van der Waals surface area contributed by atoms with Crippen molar-refractivity contribution >= 4 is 0 Å². The summed E-state index contributed by atoms with van der Waals surface area (Å²) < 4.78 is 0. The van der Waals surface area contributed by atoms with Crippen molar-refractivity contribution in [1.82, 2.24) is 4.98 Å². The van der Waals surface area contributed by atoms with Gasteiger partial charge in [0.15, 0.2) is 0 Å². The molecule has 1 nitrogen and oxygen atoms in total. The van der Waals surface area contributed by atoms with Crippen LogP contribution in [0.4, 0.5) is 0 Å². The van der Waals surface area contributed by atoms with Crippen molar-refractivity contribution < 1.29 is 20.4 Å². The molecule has 0 bridgehead atoms. The van der Waals surface area contributed by atoms with Crippen LogP contribution in [0.25, 0.3) is 0 Å². The van der Waals surface area contributed by atoms with Crippen LogP contribution in [-0.4, -0.2) is 4.98 Å². The summed E-state index contributed by atoms with van der Waals surface area (Å²) in [7, 11) is 0. The predicted octanol–water partition coefficient (Wildman–Crippen LogP) is 1.84. The third-order valence-electron chi connectivity index (χ3n) is 1.15. The number of aromatic nitrogens is 1. The monoisotopic (exact) mass is 306 g/mol. The number of nitrogens with zero attached hydrogens (tertiary/aromatic N) is 1. The Hall–Kier alpha value is -0.318. The molecule has 0 aliphatic rings. The third-order valence-corrected chi connectivity index (χ3v) is 1.15. The Bertz CT molecular complexity index is 172. The zero-order chi connectivity index (χ0) is 6.69. The molecule has 1 aromatic rings. The van der Waals surface area contributed by atoms with E-state index in [1.165, 1.54) is 5.92 Å². The Morgan fingerprint density at radius 3 is 2.50 bits per heavy atom. The molecule has 1 aromatic heterocycles. The van der Waals surface area contributed by atoms with E-state index in [2.05, 4.69) is 11.2 Å². The molecule has 0 N–H and O–H groups in total. The second-order valence-electron chi connectivity index (χ2n) is 2.16. The van der Waals surface area contributed by atoms with Gasteiger partial charge in [-0.05, 0) is 6.20 Å². The van der Waals surface area contributed by atoms with E-state index < -0.39 is 0 Å². The largest absolute Gasteiger partial charge is 0.408 e. The van der Waals surface area contributed by atoms with Gasteiger partial charge in [-0.1, -0.05) is 0 Å². The summed E-state index contributed by atoms with van der Waals surface area (Å²) in [5.74, 6) is 1.25. The Balaban J connectivity index is 0.000000810. The van der Waals surface area contributed by atoms with Crippen LogP contribution in [0, 0.1) is 12.1 Å². The Morgan fingerprint density at radius 2 is 2.20 bits per heavy atom. The summed E-state index contributed by atoms with van der Waals surface area (Å²) in [6.45, 7) is 4.10. The summed E-state index contributed by atoms with van der Waals surface area (Å²) in [5, 5.41) is 0. The Labute approximate surface area is 75.5 Å². The van der Waals surface area contributed by atoms with Crippen molar-refractivity contribution in [2.24, 2.45) is 0 Å². The molecule has 10 heavy (non-hydrogen) atoms. The SMILES string of the molecule is C[C-](C)c1[c-]nccc1.[Re]. The summed E-state index contributed by atoms with van der Waals surface area (Å²) >= 11 is 0. The van der Waals surface area contributed by atoms with E-state index >= 15 is 0 Å². The molecular formula is C8H9NRe-2. The van der Waals surface area contributed by atoms with Crippen LogP contribution in [0.5, 0.6) is 0 Å². The van der Waals surface area contributed by atoms with Gasteiger partial charge < -0.3 is 10.5 Å². The molecule has 1 radical (unpaired) electrons. The number of hydrogen-bond acceptors (Lipinski definition) is 1. The molecule has 0 aliphatic carbocycles. The van der Waals surface area contributed by atoms with Crippen molar-refractivity contribution in [3.63, 3.8) is 0 Å². The van der Waals surface area contributed by atoms with Crippen LogP contribution in [0.1, 0.15) is 19.4 Å². The van der Waals surface area contributed by atoms with Gasteiger partial charge in [0.05, 0.1) is 0 Å². The minimum absolute atomic E-state index is 0. The smallest absolute Gasteiger partial charge is 0 e. The second kappa shape index (κ2) is 4.49. The summed E-state index contributed by atoms with van der Waals surface area (Å²) in [6, 6.07) is 3.92. The minimum atomic E-state index is 0. The molecule has 55 valence electrons. The Kier molecular flexibility index (Phi) is 4.35. The van der Waals surface area contributed by atoms with Gasteiger partial charge in [0, 0.05) is 20.4 Å². The van der Waals surface area contributed by atoms with Crippen molar-refractivity contribution in [3.8, 4) is 0 Å². The van der Waals surface area contributed by atoms with Crippen LogP contribution in [0.3, 0.4) is 0 Å². The van der Waals surface area contributed by atoms with Crippen molar-refractivity contribution in [2.75, 3.05) is 0 Å². The number of pyridine rings is 1. The fraction of sp³-hybridized carbons (Fsp3) is 0.250. The first kappa shape index (κ1) is 9.68. The molecule has 0 saturated heterocycles. The fourth-order valence-corrected chi connectivity index (χ4v) is 0.605. The zero-order valence-corrected chi connectivity index (χ0v) is 8.77. The molecule has 0 aliphatic heterocycles. The van der Waals surface area contributed by atoms with E-state index in [-0.39, 0.29) is 20.4 Å². The van der Waals surface area contributed by atoms with Gasteiger partial charge in [0.2, 0.25) is 0 Å². The molecule has 0 unspecified atom stereocenters. The first-order valence-electron chi connectivity index (χ1n) is 2.94. The van der Waals surface area contributed by atoms with Gasteiger partial charge in [0.1, 0.15) is 0 Å². The molecule has 0 aromatic carbocycles. The minimum Gasteiger partial charge on any atom is -0.408 e. The van der Waals surface area contributed by atoms with E-state index in [0.717, 1.165) is 5.56 Å². The molecular weight excluding hydrogens is 296 g/mol. The van der Waals surface area contributed by atoms with Gasteiger partial charge in [-0.3, -0.25) is 12.0 Å². The van der Waals surface area contributed by atoms with E-state index in [1.54, 1.807) is 6.20 Å². The van der Waals surface area contributed by atoms with Crippen molar-refractivity contribution in [3.05, 3.63) is 36.0 Å². The molecule has 2 heteroatoms. The first-order valence-corrected chi connectivity index (χ1v) is 2.94. The molecule has 0 amide bonds. The maximum Gasteiger partial charge on any atom is 0 e. The van der Waals surface area contributed by atoms with E-state index in [1.807, 2.05) is 26.0 Å². The maximum absolute atomic E-state index is 3.86. The molecule has 0 spiro atoms. The zero-order valence-electron chi connectivity index (χ0n) is 6.06. The average molecular weight is 305 g/mol. The van der Waals surface area contributed by atoms with Crippen molar-refractivity contribution in [1.29, 1.82) is 0 Å². The molecule has 1 rings (SSSR count). The summed E-state index contributed by atoms with van der Waals surface area (Å²) in [6.07, 6.45) is 4.61. The number of rotatable bonds is 1. The number of hydrogen-bond donors (Lipinski definition) is 0. The predicted molar refractivity (Wildman–Crippen MR) is 36.8 cm³/mol. The van der Waals surface area contributed by atoms with Crippen LogP contribution >= 0.6 is 0 Å².